The molecular weight excluding hydrogens is 388 g/mol. The van der Waals surface area contributed by atoms with Crippen molar-refractivity contribution in [1.82, 2.24) is 9.97 Å². The van der Waals surface area contributed by atoms with Gasteiger partial charge in [0.05, 0.1) is 17.5 Å². The van der Waals surface area contributed by atoms with Crippen LogP contribution in [0.25, 0.3) is 11.0 Å². The molecule has 31 heavy (non-hydrogen) atoms. The molecule has 3 aromatic carbocycles. The molecule has 2 N–H and O–H groups in total. The maximum Gasteiger partial charge on any atom is 0.259 e. The van der Waals surface area contributed by atoms with Crippen molar-refractivity contribution >= 4 is 34.2 Å². The van der Waals surface area contributed by atoms with Gasteiger partial charge in [0.1, 0.15) is 5.82 Å². The molecule has 2 heterocycles. The fourth-order valence-electron chi connectivity index (χ4n) is 4.22. The van der Waals surface area contributed by atoms with E-state index in [4.69, 9.17) is 4.98 Å². The summed E-state index contributed by atoms with van der Waals surface area (Å²) in [5.41, 5.74) is 3.61. The highest BCUT2D eigenvalue weighted by atomic mass is 16.2. The fraction of sp³-hybridized carbons (Fsp3) is 0.160. The molecule has 0 saturated carbocycles. The number of carbonyl (C=O) groups excluding carboxylic acids is 2. The van der Waals surface area contributed by atoms with Crippen LogP contribution in [0.2, 0.25) is 0 Å². The van der Waals surface area contributed by atoms with Crippen molar-refractivity contribution in [2.75, 3.05) is 10.2 Å². The first-order valence-corrected chi connectivity index (χ1v) is 10.2. The molecule has 5 rings (SSSR count). The molecule has 4 aromatic rings. The number of benzene rings is 3. The Bertz CT molecular complexity index is 1290. The molecule has 154 valence electrons. The molecule has 1 unspecified atom stereocenters. The van der Waals surface area contributed by atoms with E-state index in [1.165, 1.54) is 0 Å². The van der Waals surface area contributed by atoms with Crippen molar-refractivity contribution in [3.05, 3.63) is 89.7 Å². The Morgan fingerprint density at radius 3 is 2.35 bits per heavy atom. The quantitative estimate of drug-likeness (QED) is 0.488. The number of anilines is 2. The molecule has 1 aliphatic heterocycles. The van der Waals surface area contributed by atoms with E-state index in [-0.39, 0.29) is 18.2 Å². The number of nitrogens with one attached hydrogen (secondary N) is 2. The molecule has 2 amide bonds. The van der Waals surface area contributed by atoms with Gasteiger partial charge in [-0.3, -0.25) is 14.5 Å². The molecular formula is C25H22N4O2. The summed E-state index contributed by atoms with van der Waals surface area (Å²) in [5.74, 6) is 0.0565. The number of imidazole rings is 1. The average Bonchev–Trinajstić information content (AvgIpc) is 3.19. The maximum absolute atomic E-state index is 13.8. The van der Waals surface area contributed by atoms with Crippen molar-refractivity contribution < 1.29 is 9.59 Å². The largest absolute Gasteiger partial charge is 0.339 e. The van der Waals surface area contributed by atoms with Crippen molar-refractivity contribution in [2.24, 2.45) is 0 Å². The lowest BCUT2D eigenvalue weighted by Gasteiger charge is -2.49. The first-order valence-electron chi connectivity index (χ1n) is 10.2. The van der Waals surface area contributed by atoms with Crippen LogP contribution in [0.4, 0.5) is 11.4 Å². The van der Waals surface area contributed by atoms with Gasteiger partial charge in [-0.15, -0.1) is 0 Å². The number of H-pyrrole nitrogens is 1. The van der Waals surface area contributed by atoms with Crippen LogP contribution in [0.3, 0.4) is 0 Å². The minimum Gasteiger partial charge on any atom is -0.339 e. The molecule has 0 spiro atoms. The second-order valence-corrected chi connectivity index (χ2v) is 7.92. The van der Waals surface area contributed by atoms with Gasteiger partial charge in [0.2, 0.25) is 5.91 Å². The molecule has 1 aliphatic rings. The molecule has 1 aromatic heterocycles. The zero-order chi connectivity index (χ0) is 21.6. The van der Waals surface area contributed by atoms with Crippen molar-refractivity contribution in [2.45, 2.75) is 25.8 Å². The normalized spacial score (nSPS) is 18.1. The van der Waals surface area contributed by atoms with Gasteiger partial charge in [-0.2, -0.15) is 0 Å². The SMILES string of the molecule is Cc1ccccc1NC(=O)C1(c2nc3ccccc3[nH]2)CC(=O)N1c1ccccc1C. The number of rotatable bonds is 4. The van der Waals surface area contributed by atoms with Crippen LogP contribution in [0.5, 0.6) is 0 Å². The number of aromatic nitrogens is 2. The highest BCUT2D eigenvalue weighted by Gasteiger charge is 2.61. The van der Waals surface area contributed by atoms with Gasteiger partial charge >= 0.3 is 0 Å². The lowest BCUT2D eigenvalue weighted by atomic mass is 9.80. The van der Waals surface area contributed by atoms with Crippen LogP contribution in [-0.2, 0) is 15.1 Å². The van der Waals surface area contributed by atoms with Crippen molar-refractivity contribution in [3.63, 3.8) is 0 Å². The van der Waals surface area contributed by atoms with Crippen LogP contribution >= 0.6 is 0 Å². The average molecular weight is 410 g/mol. The summed E-state index contributed by atoms with van der Waals surface area (Å²) < 4.78 is 0. The maximum atomic E-state index is 13.8. The van der Waals surface area contributed by atoms with Crippen molar-refractivity contribution in [3.8, 4) is 0 Å². The summed E-state index contributed by atoms with van der Waals surface area (Å²) in [6.45, 7) is 3.87. The van der Waals surface area contributed by atoms with E-state index in [1.807, 2.05) is 86.6 Å². The summed E-state index contributed by atoms with van der Waals surface area (Å²) in [5, 5.41) is 3.04. The van der Waals surface area contributed by atoms with Gasteiger partial charge in [-0.25, -0.2) is 4.98 Å². The van der Waals surface area contributed by atoms with Gasteiger partial charge in [-0.05, 0) is 49.2 Å². The van der Waals surface area contributed by atoms with Gasteiger partial charge in [0.25, 0.3) is 5.91 Å². The predicted molar refractivity (Wildman–Crippen MR) is 121 cm³/mol. The van der Waals surface area contributed by atoms with Crippen LogP contribution in [-0.4, -0.2) is 21.8 Å². The van der Waals surface area contributed by atoms with Crippen molar-refractivity contribution in [1.29, 1.82) is 0 Å². The number of aryl methyl sites for hydroxylation is 2. The first kappa shape index (κ1) is 19.1. The summed E-state index contributed by atoms with van der Waals surface area (Å²) >= 11 is 0. The molecule has 0 bridgehead atoms. The van der Waals surface area contributed by atoms with E-state index in [1.54, 1.807) is 4.90 Å². The van der Waals surface area contributed by atoms with E-state index in [9.17, 15) is 9.59 Å². The minimum absolute atomic E-state index is 0.0405. The van der Waals surface area contributed by atoms with Gasteiger partial charge in [0.15, 0.2) is 5.54 Å². The first-order chi connectivity index (χ1) is 15.0. The van der Waals surface area contributed by atoms with Gasteiger partial charge < -0.3 is 10.3 Å². The fourth-order valence-corrected chi connectivity index (χ4v) is 4.22. The Morgan fingerprint density at radius 2 is 1.65 bits per heavy atom. The number of carbonyl (C=O) groups is 2. The number of β-lactam (4-membered cyclic amide) rings is 1. The Hall–Kier alpha value is -3.93. The van der Waals surface area contributed by atoms with E-state index in [2.05, 4.69) is 10.3 Å². The zero-order valence-corrected chi connectivity index (χ0v) is 17.3. The molecule has 1 saturated heterocycles. The number of hydrogen-bond donors (Lipinski definition) is 2. The van der Waals surface area contributed by atoms with Gasteiger partial charge in [0, 0.05) is 11.4 Å². The Balaban J connectivity index is 1.67. The summed E-state index contributed by atoms with van der Waals surface area (Å²) in [4.78, 5) is 36.3. The van der Waals surface area contributed by atoms with Crippen LogP contribution in [0, 0.1) is 13.8 Å². The number of para-hydroxylation sites is 4. The molecule has 6 nitrogen and oxygen atoms in total. The van der Waals surface area contributed by atoms with E-state index in [0.29, 0.717) is 17.2 Å². The molecule has 1 fully saturated rings. The molecule has 6 heteroatoms. The monoisotopic (exact) mass is 410 g/mol. The number of fused-ring (bicyclic) bond motifs is 1. The smallest absolute Gasteiger partial charge is 0.259 e. The summed E-state index contributed by atoms with van der Waals surface area (Å²) in [6.07, 6.45) is 0.0405. The number of hydrogen-bond acceptors (Lipinski definition) is 3. The second-order valence-electron chi connectivity index (χ2n) is 7.92. The zero-order valence-electron chi connectivity index (χ0n) is 17.3. The number of amides is 2. The molecule has 1 atom stereocenters. The lowest BCUT2D eigenvalue weighted by molar-refractivity contribution is -0.137. The van der Waals surface area contributed by atoms with E-state index >= 15 is 0 Å². The van der Waals surface area contributed by atoms with E-state index in [0.717, 1.165) is 22.2 Å². The van der Waals surface area contributed by atoms with Crippen LogP contribution in [0.1, 0.15) is 23.4 Å². The highest BCUT2D eigenvalue weighted by molar-refractivity contribution is 6.17. The predicted octanol–water partition coefficient (Wildman–Crippen LogP) is 4.45. The Labute approximate surface area is 179 Å². The van der Waals surface area contributed by atoms with Crippen LogP contribution in [0.15, 0.2) is 72.8 Å². The number of nitrogens with zero attached hydrogens (tertiary/aromatic N) is 2. The summed E-state index contributed by atoms with van der Waals surface area (Å²) in [6, 6.07) is 22.8. The molecule has 0 aliphatic carbocycles. The standard InChI is InChI=1S/C25H22N4O2/c1-16-9-3-5-11-18(16)28-24(31)25(23-26-19-12-6-7-13-20(19)27-23)15-22(30)29(25)21-14-8-4-10-17(21)2/h3-14H,15H2,1-2H3,(H,26,27)(H,28,31). The minimum atomic E-state index is -1.26. The lowest BCUT2D eigenvalue weighted by Crippen LogP contribution is -2.68. The number of aromatic amines is 1. The Kier molecular flexibility index (Phi) is 4.36. The third kappa shape index (κ3) is 2.91. The summed E-state index contributed by atoms with van der Waals surface area (Å²) in [7, 11) is 0. The molecule has 0 radical (unpaired) electrons. The topological polar surface area (TPSA) is 78.1 Å². The highest BCUT2D eigenvalue weighted by Crippen LogP contribution is 2.46. The van der Waals surface area contributed by atoms with E-state index < -0.39 is 5.54 Å². The Morgan fingerprint density at radius 1 is 0.968 bits per heavy atom. The van der Waals surface area contributed by atoms with Crippen LogP contribution < -0.4 is 10.2 Å². The third-order valence-corrected chi connectivity index (χ3v) is 5.94. The third-order valence-electron chi connectivity index (χ3n) is 5.94. The second kappa shape index (κ2) is 7.09. The van der Waals surface area contributed by atoms with Gasteiger partial charge in [-0.1, -0.05) is 48.5 Å².